The Labute approximate surface area is 72.8 Å². The van der Waals surface area contributed by atoms with E-state index in [2.05, 4.69) is 0 Å². The van der Waals surface area contributed by atoms with Crippen molar-refractivity contribution in [2.75, 3.05) is 0 Å². The van der Waals surface area contributed by atoms with E-state index < -0.39 is 0 Å². The third-order valence-corrected chi connectivity index (χ3v) is 1.75. The second kappa shape index (κ2) is 3.48. The Kier molecular flexibility index (Phi) is 2.58. The van der Waals surface area contributed by atoms with Crippen LogP contribution in [0.25, 0.3) is 0 Å². The molecule has 0 radical (unpaired) electrons. The summed E-state index contributed by atoms with van der Waals surface area (Å²) >= 11 is 0. The Morgan fingerprint density at radius 1 is 1.50 bits per heavy atom. The van der Waals surface area contributed by atoms with Crippen molar-refractivity contribution >= 4 is 5.78 Å². The highest BCUT2D eigenvalue weighted by atomic mass is 16.1. The maximum Gasteiger partial charge on any atom is 0.179 e. The molecule has 1 aromatic heterocycles. The largest absolute Gasteiger partial charge is 0.294 e. The minimum atomic E-state index is 0.0763. The minimum Gasteiger partial charge on any atom is -0.294 e. The molecule has 2 nitrogen and oxygen atoms in total. The molecule has 2 heteroatoms. The minimum absolute atomic E-state index is 0.0763. The van der Waals surface area contributed by atoms with E-state index in [1.807, 2.05) is 50.0 Å². The van der Waals surface area contributed by atoms with Gasteiger partial charge in [0.25, 0.3) is 0 Å². The molecule has 0 aliphatic heterocycles. The summed E-state index contributed by atoms with van der Waals surface area (Å²) in [5.74, 6) is 0.276. The zero-order chi connectivity index (χ0) is 9.14. The van der Waals surface area contributed by atoms with E-state index in [1.165, 1.54) is 0 Å². The summed E-state index contributed by atoms with van der Waals surface area (Å²) in [6.07, 6.45) is 3.76. The van der Waals surface area contributed by atoms with Crippen molar-refractivity contribution in [3.8, 4) is 0 Å². The number of ketones is 1. The van der Waals surface area contributed by atoms with Crippen molar-refractivity contribution in [3.05, 3.63) is 30.1 Å². The van der Waals surface area contributed by atoms with Crippen LogP contribution in [0, 0.1) is 5.92 Å². The van der Waals surface area contributed by atoms with E-state index in [-0.39, 0.29) is 11.7 Å². The quantitative estimate of drug-likeness (QED) is 0.477. The number of hydrogen-bond donors (Lipinski definition) is 0. The topological polar surface area (TPSA) is 20.9 Å². The molecular formula is C10H14NO+. The summed E-state index contributed by atoms with van der Waals surface area (Å²) < 4.78 is 1.88. The standard InChI is InChI=1S/C10H14NO/c1-8(2)10(12)9-5-4-6-11(3)7-9/h4-8H,1-3H3/q+1. The van der Waals surface area contributed by atoms with E-state index in [9.17, 15) is 4.79 Å². The molecule has 0 N–H and O–H groups in total. The highest BCUT2D eigenvalue weighted by Gasteiger charge is 2.12. The maximum atomic E-state index is 11.5. The Balaban J connectivity index is 2.96. The monoisotopic (exact) mass is 164 g/mol. The maximum absolute atomic E-state index is 11.5. The number of Topliss-reactive ketones (excluding diaryl/α,β-unsaturated/α-hetero) is 1. The number of hydrogen-bond acceptors (Lipinski definition) is 1. The van der Waals surface area contributed by atoms with Crippen molar-refractivity contribution in [1.29, 1.82) is 0 Å². The van der Waals surface area contributed by atoms with E-state index in [0.717, 1.165) is 5.56 Å². The van der Waals surface area contributed by atoms with Crippen LogP contribution in [0.15, 0.2) is 24.5 Å². The lowest BCUT2D eigenvalue weighted by Gasteiger charge is -2.00. The first kappa shape index (κ1) is 8.91. The Hall–Kier alpha value is -1.18. The lowest BCUT2D eigenvalue weighted by atomic mass is 10.0. The number of carbonyl (C=O) groups is 1. The number of carbonyl (C=O) groups excluding carboxylic acids is 1. The molecule has 0 saturated heterocycles. The van der Waals surface area contributed by atoms with Gasteiger partial charge in [-0.15, -0.1) is 0 Å². The smallest absolute Gasteiger partial charge is 0.179 e. The summed E-state index contributed by atoms with van der Waals surface area (Å²) in [5, 5.41) is 0. The molecule has 0 aliphatic rings. The molecular weight excluding hydrogens is 150 g/mol. The van der Waals surface area contributed by atoms with Gasteiger partial charge in [-0.3, -0.25) is 4.79 Å². The van der Waals surface area contributed by atoms with Gasteiger partial charge in [0.05, 0.1) is 5.56 Å². The molecule has 0 saturated carbocycles. The first-order valence-corrected chi connectivity index (χ1v) is 4.11. The Morgan fingerprint density at radius 3 is 2.67 bits per heavy atom. The Bertz CT molecular complexity index is 292. The fourth-order valence-electron chi connectivity index (χ4n) is 1.07. The van der Waals surface area contributed by atoms with Crippen LogP contribution in [-0.2, 0) is 7.05 Å². The van der Waals surface area contributed by atoms with Crippen LogP contribution in [0.1, 0.15) is 24.2 Å². The molecule has 12 heavy (non-hydrogen) atoms. The van der Waals surface area contributed by atoms with Gasteiger partial charge in [-0.05, 0) is 6.07 Å². The predicted molar refractivity (Wildman–Crippen MR) is 46.8 cm³/mol. The predicted octanol–water partition coefficient (Wildman–Crippen LogP) is 1.35. The molecule has 0 aliphatic carbocycles. The second-order valence-corrected chi connectivity index (χ2v) is 3.28. The van der Waals surface area contributed by atoms with Crippen molar-refractivity contribution < 1.29 is 9.36 Å². The van der Waals surface area contributed by atoms with E-state index in [4.69, 9.17) is 0 Å². The molecule has 64 valence electrons. The first-order chi connectivity index (χ1) is 5.61. The van der Waals surface area contributed by atoms with Crippen LogP contribution in [0.2, 0.25) is 0 Å². The van der Waals surface area contributed by atoms with Crippen LogP contribution in [-0.4, -0.2) is 5.78 Å². The van der Waals surface area contributed by atoms with Gasteiger partial charge < -0.3 is 0 Å². The van der Waals surface area contributed by atoms with Gasteiger partial charge in [-0.1, -0.05) is 13.8 Å². The van der Waals surface area contributed by atoms with Gasteiger partial charge >= 0.3 is 0 Å². The van der Waals surface area contributed by atoms with E-state index in [0.29, 0.717) is 0 Å². The van der Waals surface area contributed by atoms with Gasteiger partial charge in [0.2, 0.25) is 0 Å². The van der Waals surface area contributed by atoms with Crippen LogP contribution < -0.4 is 4.57 Å². The normalized spacial score (nSPS) is 10.3. The number of aromatic nitrogens is 1. The third-order valence-electron chi connectivity index (χ3n) is 1.75. The first-order valence-electron chi connectivity index (χ1n) is 4.11. The highest BCUT2D eigenvalue weighted by molar-refractivity contribution is 5.96. The van der Waals surface area contributed by atoms with Gasteiger partial charge in [-0.25, -0.2) is 4.57 Å². The second-order valence-electron chi connectivity index (χ2n) is 3.28. The highest BCUT2D eigenvalue weighted by Crippen LogP contribution is 2.04. The molecule has 0 amide bonds. The molecule has 0 fully saturated rings. The Morgan fingerprint density at radius 2 is 2.17 bits per heavy atom. The van der Waals surface area contributed by atoms with Crippen LogP contribution in [0.3, 0.4) is 0 Å². The zero-order valence-electron chi connectivity index (χ0n) is 7.74. The lowest BCUT2D eigenvalue weighted by molar-refractivity contribution is -0.671. The summed E-state index contributed by atoms with van der Waals surface area (Å²) in [6, 6.07) is 3.73. The molecule has 1 rings (SSSR count). The molecule has 0 unspecified atom stereocenters. The average Bonchev–Trinajstić information content (AvgIpc) is 2.03. The van der Waals surface area contributed by atoms with Gasteiger partial charge in [0.15, 0.2) is 18.2 Å². The lowest BCUT2D eigenvalue weighted by Crippen LogP contribution is -2.28. The number of pyridine rings is 1. The van der Waals surface area contributed by atoms with Crippen molar-refractivity contribution in [2.24, 2.45) is 13.0 Å². The zero-order valence-corrected chi connectivity index (χ0v) is 7.74. The van der Waals surface area contributed by atoms with Crippen LogP contribution in [0.5, 0.6) is 0 Å². The molecule has 1 aromatic rings. The molecule has 0 aromatic carbocycles. The molecule has 0 atom stereocenters. The molecule has 0 bridgehead atoms. The van der Waals surface area contributed by atoms with Crippen molar-refractivity contribution in [2.45, 2.75) is 13.8 Å². The van der Waals surface area contributed by atoms with E-state index in [1.54, 1.807) is 0 Å². The summed E-state index contributed by atoms with van der Waals surface area (Å²) in [7, 11) is 1.91. The third kappa shape index (κ3) is 1.91. The van der Waals surface area contributed by atoms with Crippen LogP contribution >= 0.6 is 0 Å². The van der Waals surface area contributed by atoms with Gasteiger partial charge in [0.1, 0.15) is 7.05 Å². The molecule has 1 heterocycles. The fraction of sp³-hybridized carbons (Fsp3) is 0.400. The summed E-state index contributed by atoms with van der Waals surface area (Å²) in [4.78, 5) is 11.5. The van der Waals surface area contributed by atoms with Gasteiger partial charge in [-0.2, -0.15) is 0 Å². The number of aryl methyl sites for hydroxylation is 1. The molecule has 0 spiro atoms. The fourth-order valence-corrected chi connectivity index (χ4v) is 1.07. The average molecular weight is 164 g/mol. The summed E-state index contributed by atoms with van der Waals surface area (Å²) in [6.45, 7) is 3.82. The van der Waals surface area contributed by atoms with Gasteiger partial charge in [0, 0.05) is 12.0 Å². The van der Waals surface area contributed by atoms with Crippen molar-refractivity contribution in [1.82, 2.24) is 0 Å². The summed E-state index contributed by atoms with van der Waals surface area (Å²) in [5.41, 5.74) is 0.787. The number of rotatable bonds is 2. The van der Waals surface area contributed by atoms with Crippen LogP contribution in [0.4, 0.5) is 0 Å². The van der Waals surface area contributed by atoms with Crippen molar-refractivity contribution in [3.63, 3.8) is 0 Å². The number of nitrogens with zero attached hydrogens (tertiary/aromatic N) is 1. The van der Waals surface area contributed by atoms with E-state index >= 15 is 0 Å². The SMILES string of the molecule is CC(C)C(=O)c1ccc[n+](C)c1.